The molecule has 0 amide bonds. The summed E-state index contributed by atoms with van der Waals surface area (Å²) in [6.07, 6.45) is 0.977. The fourth-order valence-corrected chi connectivity index (χ4v) is 1.86. The average Bonchev–Trinajstić information content (AvgIpc) is 2.65. The Hall–Kier alpha value is -0.770. The van der Waals surface area contributed by atoms with Crippen LogP contribution in [0, 0.1) is 0 Å². The standard InChI is InChI=1S/C12H17NO2.ClH/c1-9-8-15-12(13-9)7-10-5-3-4-6-11(10)14-2;/h3-6,9,12-13H,7-8H2,1-2H3;1H. The van der Waals surface area contributed by atoms with E-state index in [4.69, 9.17) is 9.47 Å². The van der Waals surface area contributed by atoms with E-state index in [0.29, 0.717) is 6.04 Å². The minimum Gasteiger partial charge on any atom is -0.496 e. The summed E-state index contributed by atoms with van der Waals surface area (Å²) in [4.78, 5) is 0. The highest BCUT2D eigenvalue weighted by Crippen LogP contribution is 2.20. The molecule has 2 atom stereocenters. The van der Waals surface area contributed by atoms with Crippen molar-refractivity contribution in [3.05, 3.63) is 29.8 Å². The Bertz CT molecular complexity index is 333. The third-order valence-corrected chi connectivity index (χ3v) is 2.62. The van der Waals surface area contributed by atoms with Gasteiger partial charge in [-0.1, -0.05) is 18.2 Å². The fraction of sp³-hybridized carbons (Fsp3) is 0.500. The summed E-state index contributed by atoms with van der Waals surface area (Å²) in [5.74, 6) is 0.933. The van der Waals surface area contributed by atoms with Gasteiger partial charge in [-0.25, -0.2) is 0 Å². The van der Waals surface area contributed by atoms with E-state index in [-0.39, 0.29) is 18.6 Å². The first-order valence-electron chi connectivity index (χ1n) is 5.29. The lowest BCUT2D eigenvalue weighted by molar-refractivity contribution is 0.100. The van der Waals surface area contributed by atoms with Crippen LogP contribution in [0.2, 0.25) is 0 Å². The number of nitrogens with one attached hydrogen (secondary N) is 1. The Morgan fingerprint density at radius 2 is 2.19 bits per heavy atom. The molecule has 1 aliphatic rings. The molecule has 1 aliphatic heterocycles. The maximum Gasteiger partial charge on any atom is 0.122 e. The molecular weight excluding hydrogens is 226 g/mol. The van der Waals surface area contributed by atoms with Gasteiger partial charge in [-0.2, -0.15) is 0 Å². The maximum absolute atomic E-state index is 5.60. The van der Waals surface area contributed by atoms with Gasteiger partial charge in [0.1, 0.15) is 12.0 Å². The first kappa shape index (κ1) is 13.3. The van der Waals surface area contributed by atoms with Crippen LogP contribution < -0.4 is 10.1 Å². The highest BCUT2D eigenvalue weighted by atomic mass is 35.5. The molecule has 0 aliphatic carbocycles. The second-order valence-corrected chi connectivity index (χ2v) is 3.91. The average molecular weight is 244 g/mol. The van der Waals surface area contributed by atoms with Crippen molar-refractivity contribution in [1.82, 2.24) is 5.32 Å². The van der Waals surface area contributed by atoms with Crippen molar-refractivity contribution in [2.75, 3.05) is 13.7 Å². The third kappa shape index (κ3) is 3.11. The van der Waals surface area contributed by atoms with Crippen molar-refractivity contribution < 1.29 is 9.47 Å². The van der Waals surface area contributed by atoms with Gasteiger partial charge < -0.3 is 9.47 Å². The summed E-state index contributed by atoms with van der Waals surface area (Å²) >= 11 is 0. The zero-order chi connectivity index (χ0) is 10.7. The molecule has 0 spiro atoms. The van der Waals surface area contributed by atoms with Gasteiger partial charge in [-0.15, -0.1) is 12.4 Å². The lowest BCUT2D eigenvalue weighted by Crippen LogP contribution is -2.29. The van der Waals surface area contributed by atoms with Crippen LogP contribution in [0.15, 0.2) is 24.3 Å². The molecule has 1 heterocycles. The van der Waals surface area contributed by atoms with Gasteiger partial charge in [0.15, 0.2) is 0 Å². The zero-order valence-corrected chi connectivity index (χ0v) is 10.4. The molecular formula is C12H18ClNO2. The van der Waals surface area contributed by atoms with Crippen LogP contribution in [-0.2, 0) is 11.2 Å². The van der Waals surface area contributed by atoms with E-state index < -0.39 is 0 Å². The summed E-state index contributed by atoms with van der Waals surface area (Å²) in [6, 6.07) is 8.51. The molecule has 0 saturated carbocycles. The van der Waals surface area contributed by atoms with Crippen molar-refractivity contribution >= 4 is 12.4 Å². The summed E-state index contributed by atoms with van der Waals surface area (Å²) in [5.41, 5.74) is 1.19. The van der Waals surface area contributed by atoms with Gasteiger partial charge in [0, 0.05) is 12.5 Å². The normalized spacial score (nSPS) is 23.9. The van der Waals surface area contributed by atoms with Gasteiger partial charge in [0.05, 0.1) is 13.7 Å². The highest BCUT2D eigenvalue weighted by Gasteiger charge is 2.21. The summed E-state index contributed by atoms with van der Waals surface area (Å²) in [5, 5.41) is 3.38. The molecule has 90 valence electrons. The largest absolute Gasteiger partial charge is 0.496 e. The third-order valence-electron chi connectivity index (χ3n) is 2.62. The minimum absolute atomic E-state index is 0. The number of ether oxygens (including phenoxy) is 2. The lowest BCUT2D eigenvalue weighted by Gasteiger charge is -2.13. The van der Waals surface area contributed by atoms with Crippen LogP contribution in [0.3, 0.4) is 0 Å². The molecule has 0 bridgehead atoms. The summed E-state index contributed by atoms with van der Waals surface area (Å²) in [7, 11) is 1.70. The monoisotopic (exact) mass is 243 g/mol. The second kappa shape index (κ2) is 6.09. The molecule has 1 aromatic carbocycles. The predicted octanol–water partition coefficient (Wildman–Crippen LogP) is 1.99. The van der Waals surface area contributed by atoms with Crippen LogP contribution >= 0.6 is 12.4 Å². The number of para-hydroxylation sites is 1. The molecule has 2 rings (SSSR count). The van der Waals surface area contributed by atoms with Gasteiger partial charge >= 0.3 is 0 Å². The Morgan fingerprint density at radius 1 is 1.44 bits per heavy atom. The number of hydrogen-bond donors (Lipinski definition) is 1. The van der Waals surface area contributed by atoms with E-state index in [2.05, 4.69) is 18.3 Å². The first-order chi connectivity index (χ1) is 7.29. The van der Waals surface area contributed by atoms with Crippen LogP contribution in [0.5, 0.6) is 5.75 Å². The molecule has 1 fully saturated rings. The Balaban J connectivity index is 0.00000128. The predicted molar refractivity (Wildman–Crippen MR) is 66.3 cm³/mol. The van der Waals surface area contributed by atoms with Crippen molar-refractivity contribution in [1.29, 1.82) is 0 Å². The van der Waals surface area contributed by atoms with Crippen molar-refractivity contribution in [3.8, 4) is 5.75 Å². The van der Waals surface area contributed by atoms with Crippen LogP contribution in [0.25, 0.3) is 0 Å². The molecule has 1 N–H and O–H groups in total. The molecule has 1 saturated heterocycles. The van der Waals surface area contributed by atoms with Crippen molar-refractivity contribution in [2.24, 2.45) is 0 Å². The summed E-state index contributed by atoms with van der Waals surface area (Å²) < 4.78 is 10.9. The van der Waals surface area contributed by atoms with Crippen LogP contribution in [0.4, 0.5) is 0 Å². The van der Waals surface area contributed by atoms with Crippen LogP contribution in [-0.4, -0.2) is 26.0 Å². The number of halogens is 1. The number of hydrogen-bond acceptors (Lipinski definition) is 3. The van der Waals surface area contributed by atoms with E-state index in [1.807, 2.05) is 18.2 Å². The minimum atomic E-state index is 0. The van der Waals surface area contributed by atoms with Crippen molar-refractivity contribution in [3.63, 3.8) is 0 Å². The SMILES string of the molecule is COc1ccccc1CC1NC(C)CO1.Cl. The van der Waals surface area contributed by atoms with E-state index in [1.165, 1.54) is 5.56 Å². The smallest absolute Gasteiger partial charge is 0.122 e. The van der Waals surface area contributed by atoms with E-state index >= 15 is 0 Å². The topological polar surface area (TPSA) is 30.5 Å². The van der Waals surface area contributed by atoms with Gasteiger partial charge in [0.2, 0.25) is 0 Å². The number of benzene rings is 1. The van der Waals surface area contributed by atoms with E-state index in [1.54, 1.807) is 7.11 Å². The number of methoxy groups -OCH3 is 1. The van der Waals surface area contributed by atoms with Gasteiger partial charge in [-0.3, -0.25) is 5.32 Å². The van der Waals surface area contributed by atoms with Gasteiger partial charge in [-0.05, 0) is 18.6 Å². The van der Waals surface area contributed by atoms with Crippen molar-refractivity contribution in [2.45, 2.75) is 25.6 Å². The molecule has 16 heavy (non-hydrogen) atoms. The molecule has 4 heteroatoms. The lowest BCUT2D eigenvalue weighted by atomic mass is 10.1. The highest BCUT2D eigenvalue weighted by molar-refractivity contribution is 5.85. The Morgan fingerprint density at radius 3 is 2.81 bits per heavy atom. The van der Waals surface area contributed by atoms with E-state index in [0.717, 1.165) is 18.8 Å². The Labute approximate surface area is 103 Å². The van der Waals surface area contributed by atoms with Crippen LogP contribution in [0.1, 0.15) is 12.5 Å². The first-order valence-corrected chi connectivity index (χ1v) is 5.29. The molecule has 0 aromatic heterocycles. The molecule has 1 aromatic rings. The maximum atomic E-state index is 5.60. The fourth-order valence-electron chi connectivity index (χ4n) is 1.86. The molecule has 3 nitrogen and oxygen atoms in total. The molecule has 0 radical (unpaired) electrons. The quantitative estimate of drug-likeness (QED) is 0.881. The zero-order valence-electron chi connectivity index (χ0n) is 9.60. The summed E-state index contributed by atoms with van der Waals surface area (Å²) in [6.45, 7) is 2.92. The van der Waals surface area contributed by atoms with Gasteiger partial charge in [0.25, 0.3) is 0 Å². The Kier molecular flexibility index (Phi) is 5.06. The van der Waals surface area contributed by atoms with E-state index in [9.17, 15) is 0 Å². The number of rotatable bonds is 3. The second-order valence-electron chi connectivity index (χ2n) is 3.91. The molecule has 2 unspecified atom stereocenters.